The highest BCUT2D eigenvalue weighted by Crippen LogP contribution is 2.42. The molecule has 2 heterocycles. The number of pyridine rings is 1. The van der Waals surface area contributed by atoms with E-state index in [2.05, 4.69) is 121 Å². The predicted octanol–water partition coefficient (Wildman–Crippen LogP) is 10.9. The van der Waals surface area contributed by atoms with Gasteiger partial charge in [-0.25, -0.2) is 4.98 Å². The molecule has 0 aliphatic heterocycles. The summed E-state index contributed by atoms with van der Waals surface area (Å²) in [4.78, 5) is 10.2. The number of phenolic OH excluding ortho intramolecular Hbond substituents is 1. The molecule has 0 spiro atoms. The minimum atomic E-state index is -0.247. The first-order valence-electron chi connectivity index (χ1n) is 16.5. The fraction of sp³-hybridized carbons (Fsp3) is 0.279. The molecule has 0 aliphatic rings. The average molecular weight is 633 g/mol. The maximum atomic E-state index is 11.7. The Morgan fingerprint density at radius 2 is 1.31 bits per heavy atom. The Morgan fingerprint density at radius 3 is 1.96 bits per heavy atom. The molecule has 2 aromatic heterocycles. The number of nitriles is 1. The van der Waals surface area contributed by atoms with Crippen LogP contribution in [0.3, 0.4) is 0 Å². The highest BCUT2D eigenvalue weighted by atomic mass is 16.3. The van der Waals surface area contributed by atoms with Crippen LogP contribution >= 0.6 is 0 Å². The number of phenols is 1. The van der Waals surface area contributed by atoms with Crippen LogP contribution in [-0.4, -0.2) is 19.6 Å². The van der Waals surface area contributed by atoms with Gasteiger partial charge in [0.25, 0.3) is 0 Å². The van der Waals surface area contributed by atoms with Crippen molar-refractivity contribution in [1.29, 1.82) is 5.26 Å². The highest BCUT2D eigenvalue weighted by molar-refractivity contribution is 5.96. The van der Waals surface area contributed by atoms with Crippen molar-refractivity contribution in [2.75, 3.05) is 0 Å². The molecule has 0 amide bonds. The number of hydrogen-bond donors (Lipinski definition) is 1. The maximum Gasteiger partial charge on any atom is 0.149 e. The van der Waals surface area contributed by atoms with Gasteiger partial charge in [0, 0.05) is 23.0 Å². The molecule has 0 fully saturated rings. The van der Waals surface area contributed by atoms with Crippen molar-refractivity contribution >= 4 is 11.0 Å². The minimum absolute atomic E-state index is 0.143. The smallest absolute Gasteiger partial charge is 0.149 e. The van der Waals surface area contributed by atoms with Crippen molar-refractivity contribution in [2.45, 2.75) is 78.6 Å². The first kappa shape index (κ1) is 32.7. The summed E-state index contributed by atoms with van der Waals surface area (Å²) in [5, 5.41) is 21.8. The van der Waals surface area contributed by atoms with Gasteiger partial charge in [-0.1, -0.05) is 111 Å². The average Bonchev–Trinajstić information content (AvgIpc) is 3.43. The van der Waals surface area contributed by atoms with Gasteiger partial charge in [0.1, 0.15) is 11.6 Å². The predicted molar refractivity (Wildman–Crippen MR) is 198 cm³/mol. The highest BCUT2D eigenvalue weighted by Gasteiger charge is 2.26. The summed E-state index contributed by atoms with van der Waals surface area (Å²) in [7, 11) is 0. The van der Waals surface area contributed by atoms with Crippen LogP contribution in [-0.2, 0) is 16.2 Å². The molecule has 1 N–H and O–H groups in total. The topological polar surface area (TPSA) is 74.7 Å². The van der Waals surface area contributed by atoms with Crippen LogP contribution in [0.1, 0.15) is 84.6 Å². The summed E-state index contributed by atoms with van der Waals surface area (Å²) in [6.07, 6.45) is 1.85. The van der Waals surface area contributed by atoms with E-state index in [-0.39, 0.29) is 22.0 Å². The minimum Gasteiger partial charge on any atom is -0.507 e. The zero-order valence-corrected chi connectivity index (χ0v) is 29.5. The Kier molecular flexibility index (Phi) is 8.04. The Balaban J connectivity index is 1.64. The van der Waals surface area contributed by atoms with Crippen LogP contribution in [0.2, 0.25) is 0 Å². The van der Waals surface area contributed by atoms with Crippen LogP contribution in [0, 0.1) is 11.3 Å². The van der Waals surface area contributed by atoms with Crippen LogP contribution in [0.25, 0.3) is 50.5 Å². The zero-order valence-electron chi connectivity index (χ0n) is 29.5. The van der Waals surface area contributed by atoms with E-state index in [0.29, 0.717) is 17.0 Å². The van der Waals surface area contributed by atoms with Crippen molar-refractivity contribution in [3.05, 3.63) is 119 Å². The van der Waals surface area contributed by atoms with E-state index in [4.69, 9.17) is 9.97 Å². The van der Waals surface area contributed by atoms with Gasteiger partial charge in [-0.2, -0.15) is 5.26 Å². The van der Waals surface area contributed by atoms with E-state index in [1.165, 1.54) is 0 Å². The molecule has 0 aliphatic carbocycles. The van der Waals surface area contributed by atoms with Crippen LogP contribution < -0.4 is 0 Å². The Morgan fingerprint density at radius 1 is 0.667 bits per heavy atom. The zero-order chi connectivity index (χ0) is 34.6. The van der Waals surface area contributed by atoms with Crippen molar-refractivity contribution in [3.63, 3.8) is 0 Å². The summed E-state index contributed by atoms with van der Waals surface area (Å²) in [6, 6.07) is 33.3. The molecule has 242 valence electrons. The third-order valence-electron chi connectivity index (χ3n) is 9.02. The molecule has 48 heavy (non-hydrogen) atoms. The summed E-state index contributed by atoms with van der Waals surface area (Å²) < 4.78 is 2.14. The summed E-state index contributed by atoms with van der Waals surface area (Å²) in [5.74, 6) is 0.923. The molecule has 4 aromatic carbocycles. The van der Waals surface area contributed by atoms with E-state index in [0.717, 1.165) is 55.8 Å². The van der Waals surface area contributed by atoms with Crippen LogP contribution in [0.4, 0.5) is 0 Å². The molecule has 0 unspecified atom stereocenters. The van der Waals surface area contributed by atoms with Crippen LogP contribution in [0.5, 0.6) is 5.75 Å². The van der Waals surface area contributed by atoms with Gasteiger partial charge in [-0.15, -0.1) is 0 Å². The first-order chi connectivity index (χ1) is 22.6. The Labute approximate surface area is 284 Å². The summed E-state index contributed by atoms with van der Waals surface area (Å²) in [5.41, 5.74) is 10.1. The summed E-state index contributed by atoms with van der Waals surface area (Å²) in [6.45, 7) is 19.3. The van der Waals surface area contributed by atoms with Gasteiger partial charge in [0.2, 0.25) is 0 Å². The van der Waals surface area contributed by atoms with Gasteiger partial charge < -0.3 is 5.11 Å². The van der Waals surface area contributed by atoms with E-state index in [1.54, 1.807) is 0 Å². The molecular weight excluding hydrogens is 589 g/mol. The molecular formula is C43H44N4O. The molecule has 5 nitrogen and oxygen atoms in total. The third-order valence-corrected chi connectivity index (χ3v) is 9.02. The normalized spacial score (nSPS) is 12.3. The molecule has 5 heteroatoms. The summed E-state index contributed by atoms with van der Waals surface area (Å²) >= 11 is 0. The standard InChI is InChI=1S/C43H44N4O/c1-41(2,3)30-22-27(21-28(23-30)36-24-29(25-44)35(26-45-36)43(7,8)9)32-17-14-20-37-38(32)46-40(47(37)31-15-11-10-12-16-31)33-18-13-19-34(39(33)48)42(4,5)6/h10-24,26,48H,1-9H3. The quantitative estimate of drug-likeness (QED) is 0.210. The van der Waals surface area contributed by atoms with E-state index in [9.17, 15) is 10.4 Å². The first-order valence-corrected chi connectivity index (χ1v) is 16.5. The van der Waals surface area contributed by atoms with Crippen LogP contribution in [0.15, 0.2) is 97.2 Å². The number of hydrogen-bond acceptors (Lipinski definition) is 4. The largest absolute Gasteiger partial charge is 0.507 e. The lowest BCUT2D eigenvalue weighted by Crippen LogP contribution is -2.14. The lowest BCUT2D eigenvalue weighted by Gasteiger charge is -2.23. The van der Waals surface area contributed by atoms with E-state index in [1.807, 2.05) is 48.7 Å². The monoisotopic (exact) mass is 632 g/mol. The molecule has 0 atom stereocenters. The number of fused-ring (bicyclic) bond motifs is 1. The molecule has 6 rings (SSSR count). The second kappa shape index (κ2) is 11.8. The number of para-hydroxylation sites is 3. The van der Waals surface area contributed by atoms with E-state index >= 15 is 0 Å². The lowest BCUT2D eigenvalue weighted by atomic mass is 9.82. The molecule has 0 saturated carbocycles. The lowest BCUT2D eigenvalue weighted by molar-refractivity contribution is 0.448. The number of imidazole rings is 1. The number of rotatable bonds is 4. The maximum absolute atomic E-state index is 11.7. The Hall–Kier alpha value is -5.21. The van der Waals surface area contributed by atoms with Gasteiger partial charge in [0.05, 0.1) is 33.9 Å². The number of benzene rings is 4. The fourth-order valence-electron chi connectivity index (χ4n) is 6.35. The SMILES string of the molecule is CC(C)(C)c1cc(-c2cc(C#N)c(C(C)(C)C)cn2)cc(-c2cccc3c2nc(-c2cccc(C(C)(C)C)c2O)n3-c2ccccc2)c1. The molecule has 6 aromatic rings. The number of aromatic nitrogens is 3. The van der Waals surface area contributed by atoms with Gasteiger partial charge in [-0.3, -0.25) is 9.55 Å². The molecule has 0 bridgehead atoms. The van der Waals surface area contributed by atoms with Gasteiger partial charge in [0.15, 0.2) is 0 Å². The second-order valence-corrected chi connectivity index (χ2v) is 15.8. The number of aromatic hydroxyl groups is 1. The van der Waals surface area contributed by atoms with Crippen molar-refractivity contribution in [3.8, 4) is 51.3 Å². The fourth-order valence-corrected chi connectivity index (χ4v) is 6.35. The van der Waals surface area contributed by atoms with Crippen molar-refractivity contribution in [2.24, 2.45) is 0 Å². The van der Waals surface area contributed by atoms with Crippen molar-refractivity contribution in [1.82, 2.24) is 14.5 Å². The third kappa shape index (κ3) is 6.00. The number of nitrogens with zero attached hydrogens (tertiary/aromatic N) is 4. The van der Waals surface area contributed by atoms with Gasteiger partial charge in [-0.05, 0) is 81.0 Å². The Bertz CT molecular complexity index is 2200. The van der Waals surface area contributed by atoms with Gasteiger partial charge >= 0.3 is 0 Å². The van der Waals surface area contributed by atoms with Crippen molar-refractivity contribution < 1.29 is 5.11 Å². The second-order valence-electron chi connectivity index (χ2n) is 15.8. The molecule has 0 radical (unpaired) electrons. The molecule has 0 saturated heterocycles. The van der Waals surface area contributed by atoms with E-state index < -0.39 is 0 Å².